The van der Waals surface area contributed by atoms with Gasteiger partial charge >= 0.3 is 0 Å². The van der Waals surface area contributed by atoms with E-state index in [-0.39, 0.29) is 29.1 Å². The molecule has 0 spiro atoms. The van der Waals surface area contributed by atoms with Gasteiger partial charge in [-0.3, -0.25) is 13.9 Å². The number of carbonyl (C=O) groups is 2. The van der Waals surface area contributed by atoms with Gasteiger partial charge in [-0.2, -0.15) is 0 Å². The van der Waals surface area contributed by atoms with Crippen LogP contribution in [0, 0.1) is 13.8 Å². The molecule has 0 saturated heterocycles. The molecule has 0 heterocycles. The molecular formula is C31H39N3O6S. The van der Waals surface area contributed by atoms with E-state index in [2.05, 4.69) is 5.32 Å². The quantitative estimate of drug-likeness (QED) is 0.339. The van der Waals surface area contributed by atoms with Crippen molar-refractivity contribution in [1.82, 2.24) is 10.2 Å². The van der Waals surface area contributed by atoms with Gasteiger partial charge < -0.3 is 19.7 Å². The minimum absolute atomic E-state index is 0.0698. The molecule has 41 heavy (non-hydrogen) atoms. The number of hydrogen-bond acceptors (Lipinski definition) is 6. The van der Waals surface area contributed by atoms with Crippen LogP contribution in [0.1, 0.15) is 37.5 Å². The monoisotopic (exact) mass is 581 g/mol. The lowest BCUT2D eigenvalue weighted by atomic mass is 10.1. The maximum absolute atomic E-state index is 14.1. The molecule has 0 aliphatic heterocycles. The summed E-state index contributed by atoms with van der Waals surface area (Å²) in [6, 6.07) is 17.7. The second kappa shape index (κ2) is 13.5. The fraction of sp³-hybridized carbons (Fsp3) is 0.355. The minimum Gasteiger partial charge on any atom is -0.493 e. The summed E-state index contributed by atoms with van der Waals surface area (Å²) in [6.45, 7) is 8.76. The average Bonchev–Trinajstić information content (AvgIpc) is 2.94. The molecule has 0 saturated carbocycles. The Bertz CT molecular complexity index is 1470. The molecule has 9 nitrogen and oxygen atoms in total. The molecule has 3 rings (SSSR count). The molecule has 0 radical (unpaired) electrons. The van der Waals surface area contributed by atoms with Crippen molar-refractivity contribution in [1.29, 1.82) is 0 Å². The first-order valence-electron chi connectivity index (χ1n) is 13.3. The second-order valence-corrected chi connectivity index (χ2v) is 12.0. The number of aryl methyl sites for hydroxylation is 2. The predicted octanol–water partition coefficient (Wildman–Crippen LogP) is 4.46. The summed E-state index contributed by atoms with van der Waals surface area (Å²) in [5.74, 6) is -0.237. The zero-order valence-electron chi connectivity index (χ0n) is 24.7. The lowest BCUT2D eigenvalue weighted by molar-refractivity contribution is -0.139. The smallest absolute Gasteiger partial charge is 0.264 e. The average molecular weight is 582 g/mol. The van der Waals surface area contributed by atoms with E-state index in [4.69, 9.17) is 9.47 Å². The first kappa shape index (κ1) is 31.5. The van der Waals surface area contributed by atoms with E-state index in [1.54, 1.807) is 31.2 Å². The summed E-state index contributed by atoms with van der Waals surface area (Å²) in [5.41, 5.74) is 3.06. The van der Waals surface area contributed by atoms with Crippen LogP contribution in [-0.2, 0) is 26.2 Å². The van der Waals surface area contributed by atoms with Crippen LogP contribution < -0.4 is 19.1 Å². The molecule has 0 aromatic heterocycles. The first-order chi connectivity index (χ1) is 19.4. The Labute approximate surface area is 243 Å². The van der Waals surface area contributed by atoms with Crippen LogP contribution >= 0.6 is 0 Å². The van der Waals surface area contributed by atoms with Gasteiger partial charge in [-0.1, -0.05) is 42.0 Å². The summed E-state index contributed by atoms with van der Waals surface area (Å²) in [6.07, 6.45) is 0. The van der Waals surface area contributed by atoms with Gasteiger partial charge in [0, 0.05) is 18.7 Å². The van der Waals surface area contributed by atoms with Crippen LogP contribution in [0.2, 0.25) is 0 Å². The molecule has 0 fully saturated rings. The summed E-state index contributed by atoms with van der Waals surface area (Å²) in [7, 11) is -1.37. The third-order valence-electron chi connectivity index (χ3n) is 6.74. The molecule has 0 unspecified atom stereocenters. The highest BCUT2D eigenvalue weighted by Gasteiger charge is 2.33. The molecule has 1 atom stereocenters. The topological polar surface area (TPSA) is 105 Å². The van der Waals surface area contributed by atoms with Crippen molar-refractivity contribution in [3.8, 4) is 11.5 Å². The molecule has 1 N–H and O–H groups in total. The van der Waals surface area contributed by atoms with Crippen LogP contribution in [0.25, 0.3) is 0 Å². The number of amides is 2. The van der Waals surface area contributed by atoms with Crippen molar-refractivity contribution in [2.45, 2.75) is 58.1 Å². The van der Waals surface area contributed by atoms with Crippen molar-refractivity contribution < 1.29 is 27.5 Å². The van der Waals surface area contributed by atoms with E-state index in [1.807, 2.05) is 52.0 Å². The van der Waals surface area contributed by atoms with Gasteiger partial charge in [0.15, 0.2) is 11.5 Å². The Balaban J connectivity index is 2.08. The van der Waals surface area contributed by atoms with Crippen molar-refractivity contribution in [2.24, 2.45) is 0 Å². The van der Waals surface area contributed by atoms with Crippen LogP contribution in [-0.4, -0.2) is 58.0 Å². The van der Waals surface area contributed by atoms with Gasteiger partial charge in [0.1, 0.15) is 12.6 Å². The third kappa shape index (κ3) is 7.58. The maximum Gasteiger partial charge on any atom is 0.264 e. The number of nitrogens with zero attached hydrogens (tertiary/aromatic N) is 2. The van der Waals surface area contributed by atoms with Crippen molar-refractivity contribution in [3.05, 3.63) is 83.4 Å². The van der Waals surface area contributed by atoms with Gasteiger partial charge in [-0.05, 0) is 70.0 Å². The Morgan fingerprint density at radius 1 is 0.878 bits per heavy atom. The van der Waals surface area contributed by atoms with E-state index in [9.17, 15) is 18.0 Å². The minimum atomic E-state index is -4.25. The molecule has 0 bridgehead atoms. The molecule has 3 aromatic rings. The predicted molar refractivity (Wildman–Crippen MR) is 160 cm³/mol. The first-order valence-corrected chi connectivity index (χ1v) is 14.8. The Morgan fingerprint density at radius 3 is 2.10 bits per heavy atom. The molecule has 220 valence electrons. The lowest BCUT2D eigenvalue weighted by Crippen LogP contribution is -2.52. The Hall–Kier alpha value is -4.05. The number of hydrogen-bond donors (Lipinski definition) is 1. The van der Waals surface area contributed by atoms with Gasteiger partial charge in [0.05, 0.1) is 24.8 Å². The Kier molecular flexibility index (Phi) is 10.4. The molecule has 0 aliphatic rings. The molecule has 10 heteroatoms. The lowest BCUT2D eigenvalue weighted by Gasteiger charge is -2.32. The molecule has 3 aromatic carbocycles. The summed E-state index contributed by atoms with van der Waals surface area (Å²) < 4.78 is 39.8. The number of carbonyl (C=O) groups excluding carboxylic acids is 2. The van der Waals surface area contributed by atoms with E-state index in [1.165, 1.54) is 37.3 Å². The van der Waals surface area contributed by atoms with Crippen LogP contribution in [0.15, 0.2) is 71.6 Å². The number of nitrogens with one attached hydrogen (secondary N) is 1. The summed E-state index contributed by atoms with van der Waals surface area (Å²) in [4.78, 5) is 28.4. The van der Waals surface area contributed by atoms with Crippen LogP contribution in [0.4, 0.5) is 5.69 Å². The highest BCUT2D eigenvalue weighted by molar-refractivity contribution is 7.92. The zero-order valence-corrected chi connectivity index (χ0v) is 25.5. The summed E-state index contributed by atoms with van der Waals surface area (Å²) >= 11 is 0. The highest BCUT2D eigenvalue weighted by Crippen LogP contribution is 2.32. The third-order valence-corrected chi connectivity index (χ3v) is 8.51. The van der Waals surface area contributed by atoms with Crippen molar-refractivity contribution in [3.63, 3.8) is 0 Å². The normalized spacial score (nSPS) is 12.0. The number of rotatable bonds is 12. The van der Waals surface area contributed by atoms with Gasteiger partial charge in [0.25, 0.3) is 10.0 Å². The number of benzene rings is 3. The van der Waals surface area contributed by atoms with E-state index >= 15 is 0 Å². The number of methoxy groups -OCH3 is 2. The van der Waals surface area contributed by atoms with Gasteiger partial charge in [-0.25, -0.2) is 8.42 Å². The number of anilines is 1. The number of ether oxygens (including phenoxy) is 2. The SMILES string of the molecule is COc1ccc(S(=O)(=O)N(CC(=O)N(Cc2ccccc2C)[C@H](C)C(=O)NC(C)C)c2ccc(C)cc2)cc1OC. The van der Waals surface area contributed by atoms with E-state index < -0.39 is 28.5 Å². The zero-order chi connectivity index (χ0) is 30.3. The molecular weight excluding hydrogens is 542 g/mol. The fourth-order valence-corrected chi connectivity index (χ4v) is 5.73. The largest absolute Gasteiger partial charge is 0.493 e. The molecule has 0 aliphatic carbocycles. The Morgan fingerprint density at radius 2 is 1.51 bits per heavy atom. The van der Waals surface area contributed by atoms with Gasteiger partial charge in [-0.15, -0.1) is 0 Å². The standard InChI is InChI=1S/C31H39N3O6S/c1-21(2)32-31(36)24(5)33(19-25-11-9-8-10-23(25)4)30(35)20-34(26-14-12-22(3)13-15-26)41(37,38)27-16-17-28(39-6)29(18-27)40-7/h8-18,21,24H,19-20H2,1-7H3,(H,32,36)/t24-/m1/s1. The van der Waals surface area contributed by atoms with Crippen molar-refractivity contribution >= 4 is 27.5 Å². The molecule has 2 amide bonds. The van der Waals surface area contributed by atoms with Crippen molar-refractivity contribution in [2.75, 3.05) is 25.1 Å². The highest BCUT2D eigenvalue weighted by atomic mass is 32.2. The van der Waals surface area contributed by atoms with E-state index in [0.717, 1.165) is 21.0 Å². The maximum atomic E-state index is 14.1. The van der Waals surface area contributed by atoms with Crippen LogP contribution in [0.5, 0.6) is 11.5 Å². The van der Waals surface area contributed by atoms with Gasteiger partial charge in [0.2, 0.25) is 11.8 Å². The summed E-state index contributed by atoms with van der Waals surface area (Å²) in [5, 5.41) is 2.86. The van der Waals surface area contributed by atoms with Crippen LogP contribution in [0.3, 0.4) is 0 Å². The van der Waals surface area contributed by atoms with E-state index in [0.29, 0.717) is 11.4 Å². The second-order valence-electron chi connectivity index (χ2n) is 10.2. The number of sulfonamides is 1. The fourth-order valence-electron chi connectivity index (χ4n) is 4.30.